The maximum atomic E-state index is 12.9. The van der Waals surface area contributed by atoms with Gasteiger partial charge in [-0.05, 0) is 42.2 Å². The molecule has 2 unspecified atom stereocenters. The van der Waals surface area contributed by atoms with Crippen LogP contribution in [0.3, 0.4) is 0 Å². The number of aromatic nitrogens is 2. The van der Waals surface area contributed by atoms with Gasteiger partial charge in [-0.15, -0.1) is 0 Å². The van der Waals surface area contributed by atoms with Gasteiger partial charge in [0.05, 0.1) is 12.7 Å². The number of pyridine rings is 1. The van der Waals surface area contributed by atoms with Gasteiger partial charge in [0.15, 0.2) is 0 Å². The molecule has 2 aromatic heterocycles. The molecule has 3 heterocycles. The molecule has 7 heteroatoms. The summed E-state index contributed by atoms with van der Waals surface area (Å²) in [4.78, 5) is 17.3. The Labute approximate surface area is 194 Å². The van der Waals surface area contributed by atoms with Gasteiger partial charge in [0.25, 0.3) is 5.91 Å². The quantitative estimate of drug-likeness (QED) is 0.580. The minimum Gasteiger partial charge on any atom is -0.378 e. The lowest BCUT2D eigenvalue weighted by Gasteiger charge is -2.19. The summed E-state index contributed by atoms with van der Waals surface area (Å²) in [6.07, 6.45) is 6.71. The van der Waals surface area contributed by atoms with E-state index in [1.54, 1.807) is 13.3 Å². The van der Waals surface area contributed by atoms with E-state index in [9.17, 15) is 4.79 Å². The summed E-state index contributed by atoms with van der Waals surface area (Å²) in [6, 6.07) is 12.6. The fraction of sp³-hybridized carbons (Fsp3) is 0.385. The molecule has 1 saturated heterocycles. The monoisotopic (exact) mass is 448 g/mol. The van der Waals surface area contributed by atoms with Crippen LogP contribution >= 0.6 is 0 Å². The number of benzene rings is 1. The highest BCUT2D eigenvalue weighted by Gasteiger charge is 2.25. The van der Waals surface area contributed by atoms with Crippen molar-refractivity contribution in [3.8, 4) is 11.1 Å². The SMILES string of the molecule is CCC(C)=C(Cc1ccc(-c2ccn3ccnc3c2)cc1)NC(=O)C1CNCC(OC)CO1. The van der Waals surface area contributed by atoms with Gasteiger partial charge in [-0.2, -0.15) is 0 Å². The van der Waals surface area contributed by atoms with Crippen molar-refractivity contribution in [2.24, 2.45) is 0 Å². The predicted octanol–water partition coefficient (Wildman–Crippen LogP) is 3.35. The lowest BCUT2D eigenvalue weighted by molar-refractivity contribution is -0.132. The van der Waals surface area contributed by atoms with Crippen LogP contribution in [0.1, 0.15) is 25.8 Å². The molecule has 3 aromatic rings. The summed E-state index contributed by atoms with van der Waals surface area (Å²) >= 11 is 0. The van der Waals surface area contributed by atoms with Crippen molar-refractivity contribution >= 4 is 11.6 Å². The van der Waals surface area contributed by atoms with Crippen molar-refractivity contribution in [1.29, 1.82) is 0 Å². The third-order valence-electron chi connectivity index (χ3n) is 6.20. The number of fused-ring (bicyclic) bond motifs is 1. The Morgan fingerprint density at radius 2 is 2.03 bits per heavy atom. The summed E-state index contributed by atoms with van der Waals surface area (Å²) < 4.78 is 13.1. The molecule has 2 N–H and O–H groups in total. The Kier molecular flexibility index (Phi) is 7.54. The number of rotatable bonds is 7. The molecule has 1 amide bonds. The molecule has 0 spiro atoms. The number of hydrogen-bond donors (Lipinski definition) is 2. The number of nitrogens with zero attached hydrogens (tertiary/aromatic N) is 2. The summed E-state index contributed by atoms with van der Waals surface area (Å²) in [5.41, 5.74) is 6.43. The molecular formula is C26H32N4O3. The molecule has 0 aliphatic carbocycles. The van der Waals surface area contributed by atoms with E-state index < -0.39 is 6.10 Å². The molecular weight excluding hydrogens is 416 g/mol. The first kappa shape index (κ1) is 23.2. The molecule has 33 heavy (non-hydrogen) atoms. The van der Waals surface area contributed by atoms with Gasteiger partial charge in [0.2, 0.25) is 0 Å². The van der Waals surface area contributed by atoms with Crippen molar-refractivity contribution in [3.63, 3.8) is 0 Å². The van der Waals surface area contributed by atoms with E-state index in [2.05, 4.69) is 65.9 Å². The van der Waals surface area contributed by atoms with Crippen LogP contribution in [0.25, 0.3) is 16.8 Å². The van der Waals surface area contributed by atoms with E-state index in [1.807, 2.05) is 16.8 Å². The summed E-state index contributed by atoms with van der Waals surface area (Å²) in [5, 5.41) is 6.38. The Balaban J connectivity index is 1.44. The summed E-state index contributed by atoms with van der Waals surface area (Å²) in [7, 11) is 1.66. The Morgan fingerprint density at radius 1 is 1.21 bits per heavy atom. The molecule has 1 fully saturated rings. The molecule has 2 atom stereocenters. The zero-order valence-electron chi connectivity index (χ0n) is 19.5. The topological polar surface area (TPSA) is 76.9 Å². The lowest BCUT2D eigenvalue weighted by atomic mass is 10.0. The third kappa shape index (κ3) is 5.68. The minimum atomic E-state index is -0.537. The number of carbonyl (C=O) groups excluding carboxylic acids is 1. The number of carbonyl (C=O) groups is 1. The highest BCUT2D eigenvalue weighted by atomic mass is 16.5. The number of allylic oxidation sites excluding steroid dienone is 2. The summed E-state index contributed by atoms with van der Waals surface area (Å²) in [6.45, 7) is 5.72. The minimum absolute atomic E-state index is 0.0390. The van der Waals surface area contributed by atoms with E-state index in [1.165, 1.54) is 0 Å². The molecule has 1 aromatic carbocycles. The third-order valence-corrected chi connectivity index (χ3v) is 6.20. The fourth-order valence-corrected chi connectivity index (χ4v) is 3.89. The molecule has 174 valence electrons. The highest BCUT2D eigenvalue weighted by Crippen LogP contribution is 2.22. The Hall–Kier alpha value is -3.00. The molecule has 1 aliphatic heterocycles. The van der Waals surface area contributed by atoms with E-state index in [0.717, 1.165) is 40.0 Å². The van der Waals surface area contributed by atoms with E-state index >= 15 is 0 Å². The predicted molar refractivity (Wildman–Crippen MR) is 129 cm³/mol. The van der Waals surface area contributed by atoms with Gasteiger partial charge < -0.3 is 24.5 Å². The summed E-state index contributed by atoms with van der Waals surface area (Å²) in [5.74, 6) is -0.119. The first-order valence-electron chi connectivity index (χ1n) is 11.4. The van der Waals surface area contributed by atoms with Crippen molar-refractivity contribution in [2.45, 2.75) is 38.9 Å². The van der Waals surface area contributed by atoms with Gasteiger partial charge in [-0.3, -0.25) is 4.79 Å². The number of amides is 1. The first-order chi connectivity index (χ1) is 16.1. The standard InChI is InChI=1S/C26H32N4O3/c1-4-18(2)23(29-26(31)24-16-27-15-22(32-3)17-33-24)13-19-5-7-20(8-6-19)21-9-11-30-12-10-28-25(30)14-21/h5-12,14,22,24,27H,4,13,15-17H2,1-3H3,(H,29,31). The maximum absolute atomic E-state index is 12.9. The fourth-order valence-electron chi connectivity index (χ4n) is 3.89. The van der Waals surface area contributed by atoms with Crippen LogP contribution < -0.4 is 10.6 Å². The smallest absolute Gasteiger partial charge is 0.254 e. The van der Waals surface area contributed by atoms with Crippen LogP contribution in [0.2, 0.25) is 0 Å². The van der Waals surface area contributed by atoms with E-state index in [-0.39, 0.29) is 12.0 Å². The Morgan fingerprint density at radius 3 is 2.79 bits per heavy atom. The largest absolute Gasteiger partial charge is 0.378 e. The van der Waals surface area contributed by atoms with Gasteiger partial charge in [0.1, 0.15) is 11.8 Å². The van der Waals surface area contributed by atoms with Crippen molar-refractivity contribution in [3.05, 3.63) is 71.8 Å². The average molecular weight is 449 g/mol. The maximum Gasteiger partial charge on any atom is 0.254 e. The number of hydrogen-bond acceptors (Lipinski definition) is 5. The molecule has 0 saturated carbocycles. The second-order valence-corrected chi connectivity index (χ2v) is 8.42. The lowest BCUT2D eigenvalue weighted by Crippen LogP contribution is -2.41. The molecule has 4 rings (SSSR count). The van der Waals surface area contributed by atoms with E-state index in [0.29, 0.717) is 26.1 Å². The van der Waals surface area contributed by atoms with Crippen LogP contribution in [0, 0.1) is 0 Å². The number of imidazole rings is 1. The average Bonchev–Trinajstić information content (AvgIpc) is 3.18. The van der Waals surface area contributed by atoms with Crippen LogP contribution in [-0.2, 0) is 20.7 Å². The number of ether oxygens (including phenoxy) is 2. The van der Waals surface area contributed by atoms with Gasteiger partial charge in [0, 0.05) is 50.9 Å². The van der Waals surface area contributed by atoms with Gasteiger partial charge >= 0.3 is 0 Å². The molecule has 0 bridgehead atoms. The zero-order valence-corrected chi connectivity index (χ0v) is 19.5. The van der Waals surface area contributed by atoms with Crippen LogP contribution in [0.4, 0.5) is 0 Å². The van der Waals surface area contributed by atoms with Crippen LogP contribution in [0.5, 0.6) is 0 Å². The second-order valence-electron chi connectivity index (χ2n) is 8.42. The molecule has 7 nitrogen and oxygen atoms in total. The van der Waals surface area contributed by atoms with Crippen LogP contribution in [-0.4, -0.2) is 54.3 Å². The number of methoxy groups -OCH3 is 1. The molecule has 0 radical (unpaired) electrons. The van der Waals surface area contributed by atoms with Crippen LogP contribution in [0.15, 0.2) is 66.3 Å². The van der Waals surface area contributed by atoms with Gasteiger partial charge in [-0.25, -0.2) is 4.98 Å². The zero-order chi connectivity index (χ0) is 23.2. The van der Waals surface area contributed by atoms with Crippen molar-refractivity contribution in [1.82, 2.24) is 20.0 Å². The Bertz CT molecular complexity index is 1120. The van der Waals surface area contributed by atoms with E-state index in [4.69, 9.17) is 9.47 Å². The second kappa shape index (κ2) is 10.7. The number of nitrogens with one attached hydrogen (secondary N) is 2. The van der Waals surface area contributed by atoms with Gasteiger partial charge in [-0.1, -0.05) is 36.8 Å². The molecule has 1 aliphatic rings. The first-order valence-corrected chi connectivity index (χ1v) is 11.4. The van der Waals surface area contributed by atoms with Crippen molar-refractivity contribution < 1.29 is 14.3 Å². The highest BCUT2D eigenvalue weighted by molar-refractivity contribution is 5.83. The normalized spacial score (nSPS) is 19.7. The van der Waals surface area contributed by atoms with Crippen molar-refractivity contribution in [2.75, 3.05) is 26.8 Å².